The molecule has 0 saturated carbocycles. The van der Waals surface area contributed by atoms with Crippen molar-refractivity contribution in [3.8, 4) is 0 Å². The molecule has 16 heavy (non-hydrogen) atoms. The standard InChI is InChI=1S/C10H19N5O/c1-10(2,3)8(11)9(16)12-5-7-14-13-6-15(7)4/h6,8H,5,11H2,1-4H3,(H,12,16). The summed E-state index contributed by atoms with van der Waals surface area (Å²) < 4.78 is 1.75. The number of rotatable bonds is 3. The second-order valence-electron chi connectivity index (χ2n) is 4.92. The number of aromatic nitrogens is 3. The van der Waals surface area contributed by atoms with Crippen molar-refractivity contribution in [2.45, 2.75) is 33.4 Å². The molecule has 1 aromatic heterocycles. The number of nitrogens with two attached hydrogens (primary N) is 1. The molecule has 0 aliphatic carbocycles. The Morgan fingerprint density at radius 2 is 2.25 bits per heavy atom. The molecule has 90 valence electrons. The zero-order chi connectivity index (χ0) is 12.3. The Morgan fingerprint density at radius 1 is 1.62 bits per heavy atom. The van der Waals surface area contributed by atoms with Crippen LogP contribution in [0, 0.1) is 5.41 Å². The Bertz CT molecular complexity index is 366. The van der Waals surface area contributed by atoms with E-state index in [2.05, 4.69) is 15.5 Å². The van der Waals surface area contributed by atoms with Crippen molar-refractivity contribution in [1.29, 1.82) is 0 Å². The Labute approximate surface area is 95.2 Å². The number of nitrogens with zero attached hydrogens (tertiary/aromatic N) is 3. The SMILES string of the molecule is Cn1cnnc1CNC(=O)C(N)C(C)(C)C. The zero-order valence-electron chi connectivity index (χ0n) is 10.2. The summed E-state index contributed by atoms with van der Waals surface area (Å²) in [4.78, 5) is 11.7. The van der Waals surface area contributed by atoms with E-state index in [0.717, 1.165) is 0 Å². The monoisotopic (exact) mass is 225 g/mol. The van der Waals surface area contributed by atoms with Crippen molar-refractivity contribution in [3.05, 3.63) is 12.2 Å². The molecule has 0 aromatic carbocycles. The molecule has 0 saturated heterocycles. The Hall–Kier alpha value is -1.43. The lowest BCUT2D eigenvalue weighted by atomic mass is 9.87. The maximum absolute atomic E-state index is 11.7. The fourth-order valence-electron chi connectivity index (χ4n) is 1.14. The molecule has 0 spiro atoms. The minimum Gasteiger partial charge on any atom is -0.347 e. The summed E-state index contributed by atoms with van der Waals surface area (Å²) in [5.41, 5.74) is 5.57. The molecule has 1 aromatic rings. The van der Waals surface area contributed by atoms with Crippen molar-refractivity contribution >= 4 is 5.91 Å². The van der Waals surface area contributed by atoms with Crippen LogP contribution in [0.4, 0.5) is 0 Å². The van der Waals surface area contributed by atoms with Crippen LogP contribution < -0.4 is 11.1 Å². The number of aryl methyl sites for hydroxylation is 1. The first-order valence-electron chi connectivity index (χ1n) is 5.18. The summed E-state index contributed by atoms with van der Waals surface area (Å²) in [5.74, 6) is 0.532. The minimum absolute atomic E-state index is 0.171. The van der Waals surface area contributed by atoms with Gasteiger partial charge in [-0.25, -0.2) is 0 Å². The van der Waals surface area contributed by atoms with Gasteiger partial charge in [0.1, 0.15) is 6.33 Å². The Kier molecular flexibility index (Phi) is 3.64. The average molecular weight is 225 g/mol. The predicted molar refractivity (Wildman–Crippen MR) is 60.3 cm³/mol. The molecule has 0 fully saturated rings. The van der Waals surface area contributed by atoms with Crippen LogP contribution in [0.2, 0.25) is 0 Å². The number of hydrogen-bond acceptors (Lipinski definition) is 4. The van der Waals surface area contributed by atoms with Crippen molar-refractivity contribution in [2.24, 2.45) is 18.2 Å². The largest absolute Gasteiger partial charge is 0.347 e. The van der Waals surface area contributed by atoms with Crippen LogP contribution in [0.25, 0.3) is 0 Å². The third-order valence-corrected chi connectivity index (χ3v) is 2.44. The van der Waals surface area contributed by atoms with Crippen LogP contribution in [0.1, 0.15) is 26.6 Å². The third-order valence-electron chi connectivity index (χ3n) is 2.44. The number of hydrogen-bond donors (Lipinski definition) is 2. The van der Waals surface area contributed by atoms with Crippen LogP contribution in [0.3, 0.4) is 0 Å². The van der Waals surface area contributed by atoms with Crippen molar-refractivity contribution in [3.63, 3.8) is 0 Å². The topological polar surface area (TPSA) is 85.8 Å². The Balaban J connectivity index is 2.51. The van der Waals surface area contributed by atoms with Gasteiger partial charge in [0.25, 0.3) is 0 Å². The average Bonchev–Trinajstić information content (AvgIpc) is 2.58. The summed E-state index contributed by atoms with van der Waals surface area (Å²) in [6, 6.07) is -0.527. The van der Waals surface area contributed by atoms with Crippen LogP contribution >= 0.6 is 0 Å². The molecule has 0 aliphatic rings. The van der Waals surface area contributed by atoms with Crippen molar-refractivity contribution in [2.75, 3.05) is 0 Å². The van der Waals surface area contributed by atoms with Gasteiger partial charge in [0, 0.05) is 7.05 Å². The summed E-state index contributed by atoms with van der Waals surface area (Å²) in [6.45, 7) is 6.14. The quantitative estimate of drug-likeness (QED) is 0.746. The second-order valence-corrected chi connectivity index (χ2v) is 4.92. The number of carbonyl (C=O) groups is 1. The highest BCUT2D eigenvalue weighted by molar-refractivity contribution is 5.82. The molecule has 0 radical (unpaired) electrons. The molecule has 1 amide bonds. The molecule has 1 atom stereocenters. The first kappa shape index (κ1) is 12.6. The lowest BCUT2D eigenvalue weighted by molar-refractivity contribution is -0.124. The molecular weight excluding hydrogens is 206 g/mol. The van der Waals surface area contributed by atoms with Gasteiger partial charge in [-0.2, -0.15) is 0 Å². The van der Waals surface area contributed by atoms with Gasteiger partial charge < -0.3 is 15.6 Å². The molecule has 1 unspecified atom stereocenters. The molecule has 0 bridgehead atoms. The number of nitrogens with one attached hydrogen (secondary N) is 1. The highest BCUT2D eigenvalue weighted by Crippen LogP contribution is 2.17. The van der Waals surface area contributed by atoms with E-state index in [1.165, 1.54) is 0 Å². The van der Waals surface area contributed by atoms with Gasteiger partial charge in [-0.1, -0.05) is 20.8 Å². The first-order valence-corrected chi connectivity index (χ1v) is 5.18. The lowest BCUT2D eigenvalue weighted by Crippen LogP contribution is -2.48. The van der Waals surface area contributed by atoms with Gasteiger partial charge in [0.15, 0.2) is 5.82 Å². The molecule has 0 aliphatic heterocycles. The van der Waals surface area contributed by atoms with E-state index in [1.54, 1.807) is 10.9 Å². The van der Waals surface area contributed by atoms with Gasteiger partial charge in [-0.3, -0.25) is 4.79 Å². The molecular formula is C10H19N5O. The van der Waals surface area contributed by atoms with E-state index >= 15 is 0 Å². The normalized spacial score (nSPS) is 13.6. The van der Waals surface area contributed by atoms with E-state index in [4.69, 9.17) is 5.73 Å². The molecule has 1 rings (SSSR count). The summed E-state index contributed by atoms with van der Waals surface area (Å²) >= 11 is 0. The molecule has 6 heteroatoms. The highest BCUT2D eigenvalue weighted by atomic mass is 16.2. The smallest absolute Gasteiger partial charge is 0.237 e. The predicted octanol–water partition coefficient (Wildman–Crippen LogP) is -0.195. The van der Waals surface area contributed by atoms with Crippen LogP contribution in [-0.2, 0) is 18.4 Å². The molecule has 6 nitrogen and oxygen atoms in total. The molecule has 1 heterocycles. The van der Waals surface area contributed by atoms with Gasteiger partial charge >= 0.3 is 0 Å². The maximum Gasteiger partial charge on any atom is 0.237 e. The van der Waals surface area contributed by atoms with Crippen molar-refractivity contribution < 1.29 is 4.79 Å². The minimum atomic E-state index is -0.527. The van der Waals surface area contributed by atoms with E-state index in [0.29, 0.717) is 12.4 Å². The van der Waals surface area contributed by atoms with Crippen LogP contribution in [0.15, 0.2) is 6.33 Å². The maximum atomic E-state index is 11.7. The van der Waals surface area contributed by atoms with E-state index in [1.807, 2.05) is 27.8 Å². The second kappa shape index (κ2) is 4.61. The van der Waals surface area contributed by atoms with Crippen molar-refractivity contribution in [1.82, 2.24) is 20.1 Å². The highest BCUT2D eigenvalue weighted by Gasteiger charge is 2.27. The van der Waals surface area contributed by atoms with E-state index in [-0.39, 0.29) is 11.3 Å². The van der Waals surface area contributed by atoms with Gasteiger partial charge in [0.05, 0.1) is 12.6 Å². The van der Waals surface area contributed by atoms with Gasteiger partial charge in [-0.05, 0) is 5.41 Å². The Morgan fingerprint density at radius 3 is 2.69 bits per heavy atom. The summed E-state index contributed by atoms with van der Waals surface area (Å²) in [5, 5.41) is 10.3. The lowest BCUT2D eigenvalue weighted by Gasteiger charge is -2.25. The fourth-order valence-corrected chi connectivity index (χ4v) is 1.14. The van der Waals surface area contributed by atoms with E-state index in [9.17, 15) is 4.79 Å². The van der Waals surface area contributed by atoms with Crippen LogP contribution in [-0.4, -0.2) is 26.7 Å². The first-order chi connectivity index (χ1) is 7.32. The summed E-state index contributed by atoms with van der Waals surface area (Å²) in [7, 11) is 1.82. The third kappa shape index (κ3) is 3.03. The van der Waals surface area contributed by atoms with Gasteiger partial charge in [-0.15, -0.1) is 10.2 Å². The molecule has 3 N–H and O–H groups in total. The number of carbonyl (C=O) groups excluding carboxylic acids is 1. The van der Waals surface area contributed by atoms with E-state index < -0.39 is 6.04 Å². The van der Waals surface area contributed by atoms with Crippen LogP contribution in [0.5, 0.6) is 0 Å². The van der Waals surface area contributed by atoms with Gasteiger partial charge in [0.2, 0.25) is 5.91 Å². The zero-order valence-corrected chi connectivity index (χ0v) is 10.2. The number of amides is 1. The fraction of sp³-hybridized carbons (Fsp3) is 0.700. The summed E-state index contributed by atoms with van der Waals surface area (Å²) in [6.07, 6.45) is 1.59.